The second-order valence-electron chi connectivity index (χ2n) is 45.0. The number of amides is 3. The van der Waals surface area contributed by atoms with Crippen molar-refractivity contribution in [1.29, 1.82) is 0 Å². The van der Waals surface area contributed by atoms with E-state index in [0.29, 0.717) is 152 Å². The number of piperazine rings is 1. The van der Waals surface area contributed by atoms with Crippen LogP contribution in [0.4, 0.5) is 9.93 Å². The van der Waals surface area contributed by atoms with Crippen LogP contribution in [0.15, 0.2) is 111 Å². The molecule has 4 saturated heterocycles. The summed E-state index contributed by atoms with van der Waals surface area (Å²) in [4.78, 5) is 162. The molecule has 0 spiro atoms. The number of carbonyl (C=O) groups is 9. The predicted molar refractivity (Wildman–Crippen MR) is 570 cm³/mol. The normalized spacial score (nSPS) is 25.0. The maximum Gasteiger partial charge on any atom is 0.410 e. The van der Waals surface area contributed by atoms with Gasteiger partial charge >= 0.3 is 30.0 Å². The van der Waals surface area contributed by atoms with Crippen LogP contribution in [0.3, 0.4) is 0 Å². The highest BCUT2D eigenvalue weighted by molar-refractivity contribution is 9.10. The minimum atomic E-state index is -4.23. The molecular weight excluding hydrogens is 2040 g/mol. The Balaban J connectivity index is 0.000000181. The number of pyridine rings is 2. The van der Waals surface area contributed by atoms with Gasteiger partial charge in [-0.3, -0.25) is 57.1 Å². The Labute approximate surface area is 889 Å². The van der Waals surface area contributed by atoms with Gasteiger partial charge in [-0.2, -0.15) is 8.42 Å². The van der Waals surface area contributed by atoms with Crippen LogP contribution in [0.25, 0.3) is 44.6 Å². The third-order valence-electron chi connectivity index (χ3n) is 30.1. The minimum Gasteiger partial charge on any atom is -0.491 e. The van der Waals surface area contributed by atoms with Crippen molar-refractivity contribution < 1.29 is 93.6 Å². The van der Waals surface area contributed by atoms with Crippen molar-refractivity contribution >= 4 is 152 Å². The fourth-order valence-electron chi connectivity index (χ4n) is 21.6. The minimum absolute atomic E-state index is 0. The number of ether oxygens (including phenoxy) is 8. The molecule has 3 amide bonds. The number of methoxy groups -OCH3 is 2. The Morgan fingerprint density at radius 3 is 1.59 bits per heavy atom. The number of anilines is 1. The number of piperidine rings is 1. The molecule has 6 aliphatic carbocycles. The molecule has 2 N–H and O–H groups in total. The first-order valence-corrected chi connectivity index (χ1v) is 56.0. The molecule has 0 radical (unpaired) electrons. The van der Waals surface area contributed by atoms with Crippen molar-refractivity contribution in [3.63, 3.8) is 0 Å². The summed E-state index contributed by atoms with van der Waals surface area (Å²) in [6.07, 6.45) is 11.9. The molecule has 17 rings (SSSR count). The molecule has 0 bridgehead atoms. The highest BCUT2D eigenvalue weighted by Gasteiger charge is 2.64. The van der Waals surface area contributed by atoms with Crippen molar-refractivity contribution in [2.24, 2.45) is 74.9 Å². The number of Topliss-reactive ketones (excluding diaryl/α,β-unsaturated/α-hetero) is 2. The SMILES string of the molecule is C.C=C[C@@H]1CC1(CC(=O)[C@@H]1C[C@@H](Oc2cc(-c3csc(CC(C)C)n3)nc3c(Cl)c(OCCN4CCCCC4)ccc23)CN1C(=O)[C@@H](CC(=O)OC1C[C@@H]2C[C@@H]2C1)C(C)(C)C)C(=O)OC.C=C[C@@H]1CC1(CC(=O)[C@@H]1C[C@H](OS(=O)(=O)c2ccc(Br)cc2)CN1C(=O)[C@@H](CC(=O)OC1C[C@@H]2C[C@@H]2C1)C(C)(C)C)C(=O)OC.CC(C)Nc1nc(-c2cc(=O)c3ccc(OCCN4CCN(C(=O)OC(C)(C)C)CC4)c(Cl)c3[nH]2)cs1. The lowest BCUT2D eigenvalue weighted by atomic mass is 9.77. The maximum atomic E-state index is 15.0. The number of aromatic nitrogens is 4. The number of fused-ring (bicyclic) bond motifs is 4. The van der Waals surface area contributed by atoms with Gasteiger partial charge in [-0.25, -0.2) is 19.7 Å². The molecule has 8 heterocycles. The van der Waals surface area contributed by atoms with Crippen molar-refractivity contribution in [1.82, 2.24) is 44.4 Å². The molecule has 4 aromatic heterocycles. The van der Waals surface area contributed by atoms with E-state index in [1.165, 1.54) is 74.7 Å². The van der Waals surface area contributed by atoms with Gasteiger partial charge in [0, 0.05) is 122 Å². The second-order valence-corrected chi connectivity index (χ2v) is 50.1. The van der Waals surface area contributed by atoms with E-state index in [0.717, 1.165) is 75.0 Å². The number of ketones is 2. The van der Waals surface area contributed by atoms with E-state index in [2.05, 4.69) is 68.0 Å². The monoisotopic (exact) mass is 2190 g/mol. The molecule has 7 aromatic rings. The van der Waals surface area contributed by atoms with Gasteiger partial charge in [0.25, 0.3) is 10.1 Å². The lowest BCUT2D eigenvalue weighted by Gasteiger charge is -2.35. The summed E-state index contributed by atoms with van der Waals surface area (Å²) < 4.78 is 79.2. The molecule has 4 aliphatic heterocycles. The highest BCUT2D eigenvalue weighted by atomic mass is 79.9. The molecule has 3 aromatic carbocycles. The van der Waals surface area contributed by atoms with Gasteiger partial charge in [-0.15, -0.1) is 35.8 Å². The number of allylic oxidation sites excluding steroid dienone is 2. The van der Waals surface area contributed by atoms with Gasteiger partial charge in [0.05, 0.1) is 118 Å². The van der Waals surface area contributed by atoms with E-state index in [1.54, 1.807) is 63.6 Å². The van der Waals surface area contributed by atoms with Crippen LogP contribution in [-0.4, -0.2) is 247 Å². The van der Waals surface area contributed by atoms with E-state index in [4.69, 9.17) is 75.2 Å². The number of benzene rings is 3. The van der Waals surface area contributed by atoms with E-state index < -0.39 is 109 Å². The van der Waals surface area contributed by atoms with Crippen LogP contribution in [-0.2, 0) is 82.8 Å². The third-order valence-corrected chi connectivity index (χ3v) is 34.4. The van der Waals surface area contributed by atoms with Crippen molar-refractivity contribution in [2.75, 3.05) is 98.2 Å². The van der Waals surface area contributed by atoms with Crippen LogP contribution in [0, 0.1) is 74.9 Å². The predicted octanol–water partition coefficient (Wildman–Crippen LogP) is 19.7. The number of hydrogen-bond donors (Lipinski definition) is 2. The van der Waals surface area contributed by atoms with Crippen LogP contribution >= 0.6 is 61.8 Å². The van der Waals surface area contributed by atoms with Gasteiger partial charge in [-0.05, 0) is 213 Å². The first-order chi connectivity index (χ1) is 69.1. The van der Waals surface area contributed by atoms with Gasteiger partial charge in [0.15, 0.2) is 22.1 Å². The number of halogens is 3. The maximum absolute atomic E-state index is 15.0. The van der Waals surface area contributed by atoms with E-state index in [-0.39, 0.29) is 117 Å². The van der Waals surface area contributed by atoms with Crippen LogP contribution in [0.1, 0.15) is 212 Å². The topological polar surface area (TPSA) is 371 Å². The summed E-state index contributed by atoms with van der Waals surface area (Å²) in [5.74, 6) is -0.853. The number of nitrogens with one attached hydrogen (secondary N) is 2. The molecule has 6 saturated carbocycles. The Bertz CT molecular complexity index is 6160. The third kappa shape index (κ3) is 27.7. The number of esters is 4. The molecule has 147 heavy (non-hydrogen) atoms. The van der Waals surface area contributed by atoms with Crippen molar-refractivity contribution in [2.45, 2.75) is 266 Å². The number of H-pyrrole nitrogens is 1. The summed E-state index contributed by atoms with van der Waals surface area (Å²) in [7, 11) is -1.64. The van der Waals surface area contributed by atoms with E-state index >= 15 is 0 Å². The standard InChI is InChI=1S/C50H65ClN4O8S.C33H42BrNO9S.C26H34ClN5O4S.CH4/c1-8-32-25-50(32,48(59)60-7)26-40(56)39-22-34(27-55(39)47(58)36(49(4,5)6)23-44(57)63-33-20-30-19-31(30)21-33)62-42-24-37(38-28-64-43(52-38)18-29(2)3)53-46-35(42)12-13-41(45(46)51)61-17-16-54-14-10-9-11-15-54;1-6-21-16-33(21,31(39)42-5)17-28(36)27-14-24(44-45(40,41)25-9-7-22(34)8-10-25)18-35(27)30(38)26(32(2,3)4)15-29(37)43-23-12-19-11-20(19)13-23;1-16(2)28-24-30-19(15-37-24)18-14-20(33)17-6-7-21(22(27)23(17)29-18)35-13-12-31-8-10-32(11-9-31)25(34)36-26(3,4)5;/h8,12-13,24,28-34,36,39H,1,9-11,14-23,25-27H2,2-7H3;6-10,19-21,23-24,26-27H,1,11-18H2,2-5H3;6-7,14-16H,8-13H2,1-5H3,(H,28,30)(H,29,33);1H4/t30-,31+,32-,33?,34-,36-,39+,50?;19-,20+,21-,23?,24+,26-,27+,33?;;/m11../s1. The molecule has 10 aliphatic rings. The molecule has 4 unspecified atom stereocenters. The summed E-state index contributed by atoms with van der Waals surface area (Å²) in [6.45, 7) is 40.2. The Morgan fingerprint density at radius 1 is 0.592 bits per heavy atom. The van der Waals surface area contributed by atoms with Crippen LogP contribution in [0.2, 0.25) is 10.0 Å². The number of carbonyl (C=O) groups excluding carboxylic acids is 9. The highest BCUT2D eigenvalue weighted by Crippen LogP contribution is 2.60. The van der Waals surface area contributed by atoms with E-state index in [9.17, 15) is 56.4 Å². The Morgan fingerprint density at radius 2 is 1.10 bits per heavy atom. The molecule has 10 fully saturated rings. The number of rotatable bonds is 37. The van der Waals surface area contributed by atoms with Gasteiger partial charge in [0.2, 0.25) is 11.8 Å². The lowest BCUT2D eigenvalue weighted by Crippen LogP contribution is -2.50. The zero-order valence-corrected chi connectivity index (χ0v) is 92.0. The molecule has 31 nitrogen and oxygen atoms in total. The lowest BCUT2D eigenvalue weighted by molar-refractivity contribution is -0.157. The van der Waals surface area contributed by atoms with Crippen LogP contribution in [0.5, 0.6) is 17.2 Å². The first-order valence-electron chi connectivity index (χ1n) is 51.3. The molecule has 16 atom stereocenters. The first kappa shape index (κ1) is 113. The van der Waals surface area contributed by atoms with E-state index in [1.807, 2.05) is 105 Å². The molecule has 800 valence electrons. The summed E-state index contributed by atoms with van der Waals surface area (Å²) in [6, 6.07) is 14.8. The second kappa shape index (κ2) is 47.2. The average molecular weight is 2190 g/mol. The summed E-state index contributed by atoms with van der Waals surface area (Å²) >= 11 is 20.2. The Kier molecular flexibility index (Phi) is 36.3. The summed E-state index contributed by atoms with van der Waals surface area (Å²) in [5, 5.41) is 10.8. The van der Waals surface area contributed by atoms with Crippen molar-refractivity contribution in [3.05, 3.63) is 126 Å². The molecular formula is C110H145BrCl2N10O21S3. The largest absolute Gasteiger partial charge is 0.491 e. The summed E-state index contributed by atoms with van der Waals surface area (Å²) in [5.41, 5.74) is -0.467. The smallest absolute Gasteiger partial charge is 0.410 e. The number of likely N-dealkylation sites (tertiary alicyclic amines) is 3. The number of nitrogens with zero attached hydrogens (tertiary/aromatic N) is 8. The molecule has 37 heteroatoms. The number of aromatic amines is 1. The van der Waals surface area contributed by atoms with Gasteiger partial charge < -0.3 is 62.9 Å². The number of thiazole rings is 2. The van der Waals surface area contributed by atoms with Gasteiger partial charge in [-0.1, -0.05) is 121 Å². The Hall–Kier alpha value is -9.46. The quantitative estimate of drug-likeness (QED) is 0.0158. The fourth-order valence-corrected chi connectivity index (χ4v) is 25.3. The van der Waals surface area contributed by atoms with Crippen molar-refractivity contribution in [3.8, 4) is 40.0 Å². The fraction of sp³-hybridized carbons (Fsp3) is 0.609. The van der Waals surface area contributed by atoms with Crippen LogP contribution < -0.4 is 25.0 Å². The number of hydrogen-bond acceptors (Lipinski definition) is 29. The zero-order chi connectivity index (χ0) is 105. The zero-order valence-electron chi connectivity index (χ0n) is 86.5. The average Bonchev–Trinajstić information content (AvgIpc) is 1.58. The van der Waals surface area contributed by atoms with Gasteiger partial charge in [0.1, 0.15) is 64.4 Å².